The van der Waals surface area contributed by atoms with Crippen molar-refractivity contribution >= 4 is 23.1 Å². The van der Waals surface area contributed by atoms with Crippen molar-refractivity contribution in [3.63, 3.8) is 0 Å². The second kappa shape index (κ2) is 5.25. The molecule has 0 aromatic heterocycles. The molecule has 0 rings (SSSR count). The minimum absolute atomic E-state index is 0.0423. The van der Waals surface area contributed by atoms with Crippen LogP contribution in [0.2, 0.25) is 0 Å². The fraction of sp³-hybridized carbons (Fsp3) is 0.667. The maximum Gasteiger partial charge on any atom is 0.253 e. The Morgan fingerprint density at radius 1 is 1.15 bits per heavy atom. The number of aliphatic hydroxyl groups excluding tert-OH is 4. The molecule has 0 aromatic carbocycles. The van der Waals surface area contributed by atoms with Crippen molar-refractivity contribution in [1.82, 2.24) is 0 Å². The Morgan fingerprint density at radius 2 is 1.62 bits per heavy atom. The molecule has 13 heavy (non-hydrogen) atoms. The predicted molar refractivity (Wildman–Crippen MR) is 41.0 cm³/mol. The minimum Gasteiger partial charge on any atom is -0.387 e. The van der Waals surface area contributed by atoms with Gasteiger partial charge in [0.2, 0.25) is 0 Å². The van der Waals surface area contributed by atoms with Gasteiger partial charge in [-0.1, -0.05) is 0 Å². The summed E-state index contributed by atoms with van der Waals surface area (Å²) in [7, 11) is 0. The highest BCUT2D eigenvalue weighted by Crippen LogP contribution is 2.06. The number of aldehydes is 1. The lowest BCUT2D eigenvalue weighted by atomic mass is 10.0. The molecule has 0 aliphatic heterocycles. The van der Waals surface area contributed by atoms with Gasteiger partial charge in [0, 0.05) is 0 Å². The third kappa shape index (κ3) is 3.37. The number of hydrogen-bond acceptors (Lipinski definition) is 6. The van der Waals surface area contributed by atoms with E-state index in [1.165, 1.54) is 0 Å². The number of hydrogen-bond donors (Lipinski definition) is 4. The average molecular weight is 213 g/mol. The molecule has 6 nitrogen and oxygen atoms in total. The van der Waals surface area contributed by atoms with Crippen LogP contribution in [0.4, 0.5) is 0 Å². The van der Waals surface area contributed by atoms with E-state index < -0.39 is 29.7 Å². The fourth-order valence-electron chi connectivity index (χ4n) is 0.604. The monoisotopic (exact) mass is 212 g/mol. The topological polar surface area (TPSA) is 115 Å². The lowest BCUT2D eigenvalue weighted by molar-refractivity contribution is -0.143. The van der Waals surface area contributed by atoms with Crippen LogP contribution >= 0.6 is 11.6 Å². The Bertz CT molecular complexity index is 196. The Hall–Kier alpha value is -0.530. The summed E-state index contributed by atoms with van der Waals surface area (Å²) in [6.45, 7) is 0. The van der Waals surface area contributed by atoms with Gasteiger partial charge >= 0.3 is 0 Å². The van der Waals surface area contributed by atoms with Crippen molar-refractivity contribution in [2.75, 3.05) is 0 Å². The molecule has 0 aliphatic rings. The first kappa shape index (κ1) is 12.5. The molecule has 0 bridgehead atoms. The summed E-state index contributed by atoms with van der Waals surface area (Å²) in [6.07, 6.45) is -7.90. The zero-order valence-corrected chi connectivity index (χ0v) is 7.13. The molecule has 0 spiro atoms. The van der Waals surface area contributed by atoms with Crippen molar-refractivity contribution in [1.29, 1.82) is 0 Å². The summed E-state index contributed by atoms with van der Waals surface area (Å²) < 4.78 is 0. The van der Waals surface area contributed by atoms with E-state index in [1.807, 2.05) is 0 Å². The smallest absolute Gasteiger partial charge is 0.253 e. The summed E-state index contributed by atoms with van der Waals surface area (Å²) >= 11 is 4.79. The van der Waals surface area contributed by atoms with Crippen molar-refractivity contribution in [2.24, 2.45) is 0 Å². The maximum absolute atomic E-state index is 10.3. The first-order valence-electron chi connectivity index (χ1n) is 3.28. The third-order valence-electron chi connectivity index (χ3n) is 1.40. The Balaban J connectivity index is 4.32. The summed E-state index contributed by atoms with van der Waals surface area (Å²) in [4.78, 5) is 20.2. The van der Waals surface area contributed by atoms with E-state index in [1.54, 1.807) is 0 Å². The zero-order chi connectivity index (χ0) is 10.6. The fourth-order valence-corrected chi connectivity index (χ4v) is 0.733. The second-order valence-corrected chi connectivity index (χ2v) is 2.73. The minimum atomic E-state index is -2.04. The molecule has 4 unspecified atom stereocenters. The van der Waals surface area contributed by atoms with Gasteiger partial charge in [-0.25, -0.2) is 0 Å². The zero-order valence-electron chi connectivity index (χ0n) is 6.37. The van der Waals surface area contributed by atoms with Crippen molar-refractivity contribution < 1.29 is 30.0 Å². The van der Waals surface area contributed by atoms with E-state index in [0.29, 0.717) is 0 Å². The SMILES string of the molecule is O=CC(O)C(O)C(O)C(O)C(=O)Cl. The van der Waals surface area contributed by atoms with E-state index in [0.717, 1.165) is 0 Å². The molecular weight excluding hydrogens is 204 g/mol. The highest BCUT2D eigenvalue weighted by atomic mass is 35.5. The van der Waals surface area contributed by atoms with Crippen LogP contribution in [0.25, 0.3) is 0 Å². The molecule has 76 valence electrons. The van der Waals surface area contributed by atoms with E-state index in [9.17, 15) is 9.59 Å². The van der Waals surface area contributed by atoms with E-state index >= 15 is 0 Å². The van der Waals surface area contributed by atoms with Gasteiger partial charge in [-0.3, -0.25) is 4.79 Å². The van der Waals surface area contributed by atoms with Gasteiger partial charge in [-0.15, -0.1) is 0 Å². The predicted octanol–water partition coefficient (Wildman–Crippen LogP) is -2.61. The number of halogens is 1. The van der Waals surface area contributed by atoms with Crippen LogP contribution < -0.4 is 0 Å². The first-order chi connectivity index (χ1) is 5.91. The molecule has 0 saturated heterocycles. The highest BCUT2D eigenvalue weighted by molar-refractivity contribution is 6.64. The van der Waals surface area contributed by atoms with Crippen LogP contribution in [0, 0.1) is 0 Å². The van der Waals surface area contributed by atoms with Crippen LogP contribution in [-0.4, -0.2) is 56.4 Å². The number of rotatable bonds is 5. The molecule has 0 aliphatic carbocycles. The van der Waals surface area contributed by atoms with Gasteiger partial charge < -0.3 is 25.2 Å². The number of carbonyl (C=O) groups is 2. The van der Waals surface area contributed by atoms with Crippen LogP contribution in [0.3, 0.4) is 0 Å². The van der Waals surface area contributed by atoms with Gasteiger partial charge in [-0.05, 0) is 11.6 Å². The van der Waals surface area contributed by atoms with Gasteiger partial charge in [0.05, 0.1) is 0 Å². The maximum atomic E-state index is 10.3. The lowest BCUT2D eigenvalue weighted by Crippen LogP contribution is -2.47. The molecule has 4 atom stereocenters. The first-order valence-corrected chi connectivity index (χ1v) is 3.66. The molecule has 0 amide bonds. The summed E-state index contributed by atoms with van der Waals surface area (Å²) in [6, 6.07) is 0. The Kier molecular flexibility index (Phi) is 5.04. The molecule has 7 heteroatoms. The Morgan fingerprint density at radius 3 is 1.92 bits per heavy atom. The van der Waals surface area contributed by atoms with Gasteiger partial charge in [-0.2, -0.15) is 0 Å². The quantitative estimate of drug-likeness (QED) is 0.293. The normalized spacial score (nSPS) is 20.1. The molecule has 0 saturated carbocycles. The van der Waals surface area contributed by atoms with Crippen molar-refractivity contribution in [2.45, 2.75) is 24.4 Å². The second-order valence-electron chi connectivity index (χ2n) is 2.36. The third-order valence-corrected chi connectivity index (χ3v) is 1.62. The van der Waals surface area contributed by atoms with Crippen LogP contribution in [-0.2, 0) is 9.59 Å². The van der Waals surface area contributed by atoms with Crippen LogP contribution in [0.5, 0.6) is 0 Å². The van der Waals surface area contributed by atoms with Crippen LogP contribution in [0.15, 0.2) is 0 Å². The molecule has 0 radical (unpaired) electrons. The molecule has 0 heterocycles. The van der Waals surface area contributed by atoms with Crippen molar-refractivity contribution in [3.8, 4) is 0 Å². The summed E-state index contributed by atoms with van der Waals surface area (Å²) in [5.41, 5.74) is 0. The van der Waals surface area contributed by atoms with E-state index in [2.05, 4.69) is 0 Å². The van der Waals surface area contributed by atoms with E-state index in [4.69, 9.17) is 32.0 Å². The number of carbonyl (C=O) groups excluding carboxylic acids is 2. The Labute approximate surface area is 78.4 Å². The lowest BCUT2D eigenvalue weighted by Gasteiger charge is -2.21. The van der Waals surface area contributed by atoms with Gasteiger partial charge in [0.1, 0.15) is 18.3 Å². The van der Waals surface area contributed by atoms with E-state index in [-0.39, 0.29) is 6.29 Å². The molecule has 0 aromatic rings. The van der Waals surface area contributed by atoms with Gasteiger partial charge in [0.25, 0.3) is 5.24 Å². The van der Waals surface area contributed by atoms with Gasteiger partial charge in [0.15, 0.2) is 12.4 Å². The van der Waals surface area contributed by atoms with Crippen LogP contribution in [0.1, 0.15) is 0 Å². The molecular formula is C6H9ClO6. The summed E-state index contributed by atoms with van der Waals surface area (Å²) in [5, 5.41) is 34.0. The molecule has 4 N–H and O–H groups in total. The average Bonchev–Trinajstić information content (AvgIpc) is 2.12. The standard InChI is InChI=1S/C6H9ClO6/c7-6(13)5(12)4(11)3(10)2(9)1-8/h1-5,9-12H. The van der Waals surface area contributed by atoms with Crippen molar-refractivity contribution in [3.05, 3.63) is 0 Å². The number of aliphatic hydroxyl groups is 4. The highest BCUT2D eigenvalue weighted by Gasteiger charge is 2.33. The molecule has 0 fully saturated rings. The summed E-state index contributed by atoms with van der Waals surface area (Å²) in [5.74, 6) is 0. The largest absolute Gasteiger partial charge is 0.387 e.